The Bertz CT molecular complexity index is 784. The monoisotopic (exact) mass is 339 g/mol. The van der Waals surface area contributed by atoms with Crippen molar-refractivity contribution in [3.63, 3.8) is 0 Å². The molecule has 1 atom stereocenters. The Morgan fingerprint density at radius 1 is 1.52 bits per heavy atom. The Morgan fingerprint density at radius 2 is 2.26 bits per heavy atom. The minimum Gasteiger partial charge on any atom is -0.481 e. The van der Waals surface area contributed by atoms with Gasteiger partial charge in [0.15, 0.2) is 0 Å². The first-order valence-electron chi connectivity index (χ1n) is 6.79. The van der Waals surface area contributed by atoms with Crippen LogP contribution in [0.4, 0.5) is 0 Å². The molecule has 0 fully saturated rings. The maximum absolute atomic E-state index is 12.2. The van der Waals surface area contributed by atoms with Gasteiger partial charge in [0.1, 0.15) is 11.4 Å². The summed E-state index contributed by atoms with van der Waals surface area (Å²) in [5, 5.41) is 13.8. The van der Waals surface area contributed by atoms with E-state index in [-0.39, 0.29) is 25.1 Å². The van der Waals surface area contributed by atoms with Crippen molar-refractivity contribution in [2.24, 2.45) is 0 Å². The molecule has 0 spiro atoms. The summed E-state index contributed by atoms with van der Waals surface area (Å²) in [7, 11) is 1.42. The lowest BCUT2D eigenvalue weighted by Gasteiger charge is -2.28. The van der Waals surface area contributed by atoms with Gasteiger partial charge in [0.25, 0.3) is 5.56 Å². The first-order valence-corrected chi connectivity index (χ1v) is 7.67. The first-order chi connectivity index (χ1) is 10.8. The maximum atomic E-state index is 12.2. The summed E-state index contributed by atoms with van der Waals surface area (Å²) in [5.41, 5.74) is -1.36. The highest BCUT2D eigenvalue weighted by atomic mass is 32.1. The molecular formula is C14H17N3O5S. The second-order valence-corrected chi connectivity index (χ2v) is 6.32. The van der Waals surface area contributed by atoms with Crippen molar-refractivity contribution in [1.82, 2.24) is 14.9 Å². The molecule has 0 aliphatic rings. The Hall–Kier alpha value is -2.26. The van der Waals surface area contributed by atoms with Crippen molar-refractivity contribution in [3.8, 4) is 0 Å². The summed E-state index contributed by atoms with van der Waals surface area (Å²) >= 11 is 1.35. The molecule has 0 aliphatic carbocycles. The molecule has 2 rings (SSSR count). The van der Waals surface area contributed by atoms with Gasteiger partial charge in [0.05, 0.1) is 30.3 Å². The third kappa shape index (κ3) is 4.14. The third-order valence-corrected chi connectivity index (χ3v) is 4.03. The lowest BCUT2D eigenvalue weighted by Crippen LogP contribution is -2.52. The molecule has 2 aromatic rings. The van der Waals surface area contributed by atoms with Gasteiger partial charge in [-0.2, -0.15) is 0 Å². The number of fused-ring (bicyclic) bond motifs is 1. The zero-order chi connectivity index (χ0) is 17.0. The fourth-order valence-corrected chi connectivity index (χ4v) is 3.04. The zero-order valence-electron chi connectivity index (χ0n) is 12.7. The quantitative estimate of drug-likeness (QED) is 0.758. The van der Waals surface area contributed by atoms with Crippen LogP contribution >= 0.6 is 11.3 Å². The van der Waals surface area contributed by atoms with Crippen LogP contribution < -0.4 is 10.9 Å². The number of aromatic nitrogens is 2. The molecule has 8 nitrogen and oxygen atoms in total. The van der Waals surface area contributed by atoms with Crippen LogP contribution in [0, 0.1) is 0 Å². The van der Waals surface area contributed by atoms with E-state index in [9.17, 15) is 14.4 Å². The van der Waals surface area contributed by atoms with Crippen LogP contribution in [0.5, 0.6) is 0 Å². The van der Waals surface area contributed by atoms with Crippen LogP contribution in [0.15, 0.2) is 22.6 Å². The molecule has 1 amide bonds. The van der Waals surface area contributed by atoms with Gasteiger partial charge >= 0.3 is 5.97 Å². The number of carbonyl (C=O) groups is 2. The van der Waals surface area contributed by atoms with Gasteiger partial charge in [-0.3, -0.25) is 19.0 Å². The Labute approximate surface area is 135 Å². The van der Waals surface area contributed by atoms with Gasteiger partial charge in [-0.15, -0.1) is 11.3 Å². The molecule has 23 heavy (non-hydrogen) atoms. The average Bonchev–Trinajstić information content (AvgIpc) is 2.90. The molecule has 0 saturated carbocycles. The smallest absolute Gasteiger partial charge is 0.305 e. The average molecular weight is 339 g/mol. The highest BCUT2D eigenvalue weighted by molar-refractivity contribution is 7.16. The number of methoxy groups -OCH3 is 1. The van der Waals surface area contributed by atoms with E-state index >= 15 is 0 Å². The van der Waals surface area contributed by atoms with Crippen LogP contribution in [0.3, 0.4) is 0 Å². The molecule has 0 aromatic carbocycles. The molecule has 2 aromatic heterocycles. The van der Waals surface area contributed by atoms with Crippen LogP contribution in [-0.4, -0.2) is 45.8 Å². The fourth-order valence-electron chi connectivity index (χ4n) is 2.32. The van der Waals surface area contributed by atoms with E-state index < -0.39 is 17.4 Å². The van der Waals surface area contributed by atoms with Crippen molar-refractivity contribution in [2.45, 2.75) is 25.4 Å². The van der Waals surface area contributed by atoms with Gasteiger partial charge in [0, 0.05) is 7.11 Å². The van der Waals surface area contributed by atoms with Crippen LogP contribution in [-0.2, 0) is 20.9 Å². The van der Waals surface area contributed by atoms with Crippen molar-refractivity contribution in [3.05, 3.63) is 28.1 Å². The topological polar surface area (TPSA) is 111 Å². The highest BCUT2D eigenvalue weighted by Gasteiger charge is 2.29. The highest BCUT2D eigenvalue weighted by Crippen LogP contribution is 2.13. The summed E-state index contributed by atoms with van der Waals surface area (Å²) in [6.45, 7) is 1.38. The van der Waals surface area contributed by atoms with E-state index in [4.69, 9.17) is 9.84 Å². The second-order valence-electron chi connectivity index (χ2n) is 5.43. The SMILES string of the molecule is COCC(C)(CC(=O)O)NC(=O)Cn1cnc2sccc2c1=O. The van der Waals surface area contributed by atoms with Crippen LogP contribution in [0.2, 0.25) is 0 Å². The predicted octanol–water partition coefficient (Wildman–Crippen LogP) is 0.454. The predicted molar refractivity (Wildman–Crippen MR) is 84.6 cm³/mol. The van der Waals surface area contributed by atoms with E-state index in [1.54, 1.807) is 18.4 Å². The molecule has 9 heteroatoms. The number of ether oxygens (including phenoxy) is 1. The second kappa shape index (κ2) is 6.88. The number of aliphatic carboxylic acids is 1. The first kappa shape index (κ1) is 17.1. The third-order valence-electron chi connectivity index (χ3n) is 3.21. The number of nitrogens with zero attached hydrogens (tertiary/aromatic N) is 2. The van der Waals surface area contributed by atoms with E-state index in [1.807, 2.05) is 0 Å². The maximum Gasteiger partial charge on any atom is 0.305 e. The summed E-state index contributed by atoms with van der Waals surface area (Å²) in [4.78, 5) is 40.1. The van der Waals surface area contributed by atoms with Gasteiger partial charge < -0.3 is 15.2 Å². The summed E-state index contributed by atoms with van der Waals surface area (Å²) in [6.07, 6.45) is 1.02. The van der Waals surface area contributed by atoms with E-state index in [2.05, 4.69) is 10.3 Å². The normalized spacial score (nSPS) is 13.7. The van der Waals surface area contributed by atoms with Crippen LogP contribution in [0.25, 0.3) is 10.2 Å². The summed E-state index contributed by atoms with van der Waals surface area (Å²) in [6, 6.07) is 1.66. The lowest BCUT2D eigenvalue weighted by atomic mass is 9.99. The molecule has 0 bridgehead atoms. The summed E-state index contributed by atoms with van der Waals surface area (Å²) in [5.74, 6) is -1.53. The van der Waals surface area contributed by atoms with Gasteiger partial charge in [0.2, 0.25) is 5.91 Å². The Morgan fingerprint density at radius 3 is 2.91 bits per heavy atom. The molecular weight excluding hydrogens is 322 g/mol. The fraction of sp³-hybridized carbons (Fsp3) is 0.429. The van der Waals surface area contributed by atoms with E-state index in [0.717, 1.165) is 0 Å². The number of rotatable bonds is 7. The molecule has 0 saturated heterocycles. The molecule has 0 aliphatic heterocycles. The number of carbonyl (C=O) groups excluding carboxylic acids is 1. The van der Waals surface area contributed by atoms with Crippen molar-refractivity contribution in [2.75, 3.05) is 13.7 Å². The molecule has 2 N–H and O–H groups in total. The molecule has 124 valence electrons. The Kier molecular flexibility index (Phi) is 5.12. The van der Waals surface area contributed by atoms with E-state index in [0.29, 0.717) is 10.2 Å². The van der Waals surface area contributed by atoms with E-state index in [1.165, 1.54) is 29.3 Å². The molecule has 0 radical (unpaired) electrons. The minimum atomic E-state index is -1.05. The van der Waals surface area contributed by atoms with Gasteiger partial charge in [-0.1, -0.05) is 0 Å². The number of hydrogen-bond donors (Lipinski definition) is 2. The minimum absolute atomic E-state index is 0.0434. The zero-order valence-corrected chi connectivity index (χ0v) is 13.6. The summed E-state index contributed by atoms with van der Waals surface area (Å²) < 4.78 is 6.17. The van der Waals surface area contributed by atoms with Crippen molar-refractivity contribution >= 4 is 33.4 Å². The van der Waals surface area contributed by atoms with Crippen molar-refractivity contribution in [1.29, 1.82) is 0 Å². The van der Waals surface area contributed by atoms with Crippen LogP contribution in [0.1, 0.15) is 13.3 Å². The van der Waals surface area contributed by atoms with Gasteiger partial charge in [-0.25, -0.2) is 4.98 Å². The Balaban J connectivity index is 2.14. The van der Waals surface area contributed by atoms with Gasteiger partial charge in [-0.05, 0) is 18.4 Å². The number of amides is 1. The number of thiophene rings is 1. The molecule has 2 heterocycles. The number of hydrogen-bond acceptors (Lipinski definition) is 6. The number of nitrogens with one attached hydrogen (secondary N) is 1. The molecule has 1 unspecified atom stereocenters. The largest absolute Gasteiger partial charge is 0.481 e. The van der Waals surface area contributed by atoms with Crippen molar-refractivity contribution < 1.29 is 19.4 Å². The lowest BCUT2D eigenvalue weighted by molar-refractivity contribution is -0.139. The number of carboxylic acid groups (broad SMARTS) is 1. The standard InChI is InChI=1S/C14H17N3O5S/c1-14(7-22-2,5-11(19)20)16-10(18)6-17-8-15-12-9(13(17)21)3-4-23-12/h3-4,8H,5-7H2,1-2H3,(H,16,18)(H,19,20). The number of carboxylic acids is 1.